The zero-order chi connectivity index (χ0) is 10.8. The van der Waals surface area contributed by atoms with Gasteiger partial charge in [0.25, 0.3) is 0 Å². The molecule has 0 saturated carbocycles. The van der Waals surface area contributed by atoms with E-state index in [9.17, 15) is 5.11 Å². The summed E-state index contributed by atoms with van der Waals surface area (Å²) < 4.78 is 0. The Morgan fingerprint density at radius 3 is 2.50 bits per heavy atom. The molecular weight excluding hydrogens is 174 g/mol. The largest absolute Gasteiger partial charge is 0.399 e. The van der Waals surface area contributed by atoms with Gasteiger partial charge in [0.15, 0.2) is 0 Å². The molecule has 1 rings (SSSR count). The number of benzene rings is 1. The number of nitrogens with two attached hydrogens (primary N) is 1. The van der Waals surface area contributed by atoms with E-state index in [-0.39, 0.29) is 0 Å². The lowest BCUT2D eigenvalue weighted by Gasteiger charge is -2.06. The van der Waals surface area contributed by atoms with Gasteiger partial charge in [-0.1, -0.05) is 11.8 Å². The van der Waals surface area contributed by atoms with E-state index in [1.807, 2.05) is 25.1 Å². The van der Waals surface area contributed by atoms with E-state index >= 15 is 0 Å². The van der Waals surface area contributed by atoms with Crippen molar-refractivity contribution in [3.05, 3.63) is 29.3 Å². The number of aliphatic hydroxyl groups is 1. The van der Waals surface area contributed by atoms with Crippen LogP contribution in [0.2, 0.25) is 0 Å². The van der Waals surface area contributed by atoms with Gasteiger partial charge in [-0.2, -0.15) is 0 Å². The van der Waals surface area contributed by atoms with Crippen LogP contribution in [0, 0.1) is 18.8 Å². The lowest BCUT2D eigenvalue weighted by atomic mass is 10.1. The summed E-state index contributed by atoms with van der Waals surface area (Å²) in [5.41, 5.74) is 7.37. The Morgan fingerprint density at radius 2 is 2.00 bits per heavy atom. The van der Waals surface area contributed by atoms with E-state index in [1.54, 1.807) is 13.8 Å². The molecule has 0 radical (unpaired) electrons. The lowest BCUT2D eigenvalue weighted by molar-refractivity contribution is 0.143. The number of rotatable bonds is 0. The van der Waals surface area contributed by atoms with Crippen LogP contribution in [0.5, 0.6) is 0 Å². The second kappa shape index (κ2) is 3.73. The molecule has 0 spiro atoms. The van der Waals surface area contributed by atoms with Gasteiger partial charge < -0.3 is 10.8 Å². The van der Waals surface area contributed by atoms with Crippen molar-refractivity contribution < 1.29 is 5.11 Å². The summed E-state index contributed by atoms with van der Waals surface area (Å²) in [7, 11) is 0. The smallest absolute Gasteiger partial charge is 0.120 e. The monoisotopic (exact) mass is 189 g/mol. The summed E-state index contributed by atoms with van der Waals surface area (Å²) in [6.07, 6.45) is 0. The maximum atomic E-state index is 9.40. The molecule has 0 amide bonds. The fourth-order valence-corrected chi connectivity index (χ4v) is 0.979. The molecule has 0 aliphatic carbocycles. The van der Waals surface area contributed by atoms with Gasteiger partial charge in [0.2, 0.25) is 0 Å². The summed E-state index contributed by atoms with van der Waals surface area (Å²) >= 11 is 0. The molecule has 0 fully saturated rings. The molecule has 1 aromatic rings. The van der Waals surface area contributed by atoms with Crippen LogP contribution in [-0.2, 0) is 0 Å². The second-order valence-corrected chi connectivity index (χ2v) is 3.88. The minimum Gasteiger partial charge on any atom is -0.399 e. The van der Waals surface area contributed by atoms with Crippen molar-refractivity contribution in [2.45, 2.75) is 26.4 Å². The maximum absolute atomic E-state index is 9.40. The Hall–Kier alpha value is -1.46. The van der Waals surface area contributed by atoms with Crippen LogP contribution in [0.1, 0.15) is 25.0 Å². The highest BCUT2D eigenvalue weighted by atomic mass is 16.3. The van der Waals surface area contributed by atoms with Crippen LogP contribution in [0.15, 0.2) is 18.2 Å². The topological polar surface area (TPSA) is 46.2 Å². The number of nitrogen functional groups attached to an aromatic ring is 1. The van der Waals surface area contributed by atoms with Crippen molar-refractivity contribution in [2.75, 3.05) is 5.73 Å². The van der Waals surface area contributed by atoms with E-state index in [4.69, 9.17) is 5.73 Å². The van der Waals surface area contributed by atoms with Gasteiger partial charge in [-0.25, -0.2) is 0 Å². The van der Waals surface area contributed by atoms with E-state index < -0.39 is 5.60 Å². The fourth-order valence-electron chi connectivity index (χ4n) is 0.979. The number of aryl methyl sites for hydroxylation is 1. The summed E-state index contributed by atoms with van der Waals surface area (Å²) in [6, 6.07) is 5.58. The van der Waals surface area contributed by atoms with Crippen LogP contribution in [0.4, 0.5) is 5.69 Å². The van der Waals surface area contributed by atoms with Crippen LogP contribution < -0.4 is 5.73 Å². The highest BCUT2D eigenvalue weighted by molar-refractivity contribution is 5.51. The van der Waals surface area contributed by atoms with Crippen LogP contribution >= 0.6 is 0 Å². The molecular formula is C12H15NO. The molecule has 0 heterocycles. The zero-order valence-corrected chi connectivity index (χ0v) is 8.76. The highest BCUT2D eigenvalue weighted by Crippen LogP contribution is 2.11. The maximum Gasteiger partial charge on any atom is 0.120 e. The number of anilines is 1. The van der Waals surface area contributed by atoms with Gasteiger partial charge >= 0.3 is 0 Å². The van der Waals surface area contributed by atoms with Crippen molar-refractivity contribution in [2.24, 2.45) is 0 Å². The minimum atomic E-state index is -0.949. The van der Waals surface area contributed by atoms with Gasteiger partial charge in [-0.15, -0.1) is 0 Å². The Labute approximate surface area is 84.8 Å². The molecule has 1 aromatic carbocycles. The summed E-state index contributed by atoms with van der Waals surface area (Å²) in [4.78, 5) is 0. The SMILES string of the molecule is Cc1cc(C#CC(C)(C)O)ccc1N. The van der Waals surface area contributed by atoms with Crippen molar-refractivity contribution in [1.29, 1.82) is 0 Å². The summed E-state index contributed by atoms with van der Waals surface area (Å²) in [5, 5.41) is 9.40. The Balaban J connectivity index is 2.98. The van der Waals surface area contributed by atoms with Gasteiger partial charge in [-0.3, -0.25) is 0 Å². The summed E-state index contributed by atoms with van der Waals surface area (Å²) in [5.74, 6) is 5.65. The van der Waals surface area contributed by atoms with E-state index in [2.05, 4.69) is 11.8 Å². The fraction of sp³-hybridized carbons (Fsp3) is 0.333. The first-order valence-corrected chi connectivity index (χ1v) is 4.50. The molecule has 0 aliphatic heterocycles. The molecule has 0 saturated heterocycles. The third-order valence-electron chi connectivity index (χ3n) is 1.78. The average molecular weight is 189 g/mol. The molecule has 14 heavy (non-hydrogen) atoms. The van der Waals surface area contributed by atoms with Crippen molar-refractivity contribution >= 4 is 5.69 Å². The van der Waals surface area contributed by atoms with Crippen LogP contribution in [-0.4, -0.2) is 10.7 Å². The predicted octanol–water partition coefficient (Wildman–Crippen LogP) is 1.70. The molecule has 0 aliphatic rings. The molecule has 74 valence electrons. The molecule has 3 N–H and O–H groups in total. The number of hydrogen-bond acceptors (Lipinski definition) is 2. The van der Waals surface area contributed by atoms with Gasteiger partial charge in [0.1, 0.15) is 5.60 Å². The molecule has 0 aromatic heterocycles. The first kappa shape index (κ1) is 10.6. The third-order valence-corrected chi connectivity index (χ3v) is 1.78. The lowest BCUT2D eigenvalue weighted by Crippen LogP contribution is -2.14. The van der Waals surface area contributed by atoms with Gasteiger partial charge in [0, 0.05) is 11.3 Å². The first-order chi connectivity index (χ1) is 6.38. The highest BCUT2D eigenvalue weighted by Gasteiger charge is 2.05. The van der Waals surface area contributed by atoms with Crippen LogP contribution in [0.3, 0.4) is 0 Å². The van der Waals surface area contributed by atoms with Crippen molar-refractivity contribution in [3.63, 3.8) is 0 Å². The standard InChI is InChI=1S/C12H15NO/c1-9-8-10(4-5-11(9)13)6-7-12(2,3)14/h4-5,8,14H,13H2,1-3H3. The number of hydrogen-bond donors (Lipinski definition) is 2. The summed E-state index contributed by atoms with van der Waals surface area (Å²) in [6.45, 7) is 5.25. The van der Waals surface area contributed by atoms with E-state index in [1.165, 1.54) is 0 Å². The minimum absolute atomic E-state index is 0.763. The van der Waals surface area contributed by atoms with Gasteiger partial charge in [0.05, 0.1) is 0 Å². The molecule has 2 heteroatoms. The second-order valence-electron chi connectivity index (χ2n) is 3.88. The quantitative estimate of drug-likeness (QED) is 0.482. The Bertz CT molecular complexity index is 391. The van der Waals surface area contributed by atoms with Crippen molar-refractivity contribution in [1.82, 2.24) is 0 Å². The molecule has 2 nitrogen and oxygen atoms in total. The average Bonchev–Trinajstić information content (AvgIpc) is 2.06. The van der Waals surface area contributed by atoms with Gasteiger partial charge in [-0.05, 0) is 44.5 Å². The zero-order valence-electron chi connectivity index (χ0n) is 8.76. The normalized spacial score (nSPS) is 10.6. The Morgan fingerprint density at radius 1 is 1.36 bits per heavy atom. The molecule has 0 atom stereocenters. The van der Waals surface area contributed by atoms with Crippen molar-refractivity contribution in [3.8, 4) is 11.8 Å². The predicted molar refractivity (Wildman–Crippen MR) is 58.8 cm³/mol. The van der Waals surface area contributed by atoms with Crippen LogP contribution in [0.25, 0.3) is 0 Å². The first-order valence-electron chi connectivity index (χ1n) is 4.50. The Kier molecular flexibility index (Phi) is 2.83. The molecule has 0 unspecified atom stereocenters. The van der Waals surface area contributed by atoms with E-state index in [0.29, 0.717) is 0 Å². The third kappa shape index (κ3) is 3.12. The van der Waals surface area contributed by atoms with E-state index in [0.717, 1.165) is 16.8 Å². The molecule has 0 bridgehead atoms.